The molecule has 0 bridgehead atoms. The van der Waals surface area contributed by atoms with Crippen LogP contribution in [0, 0.1) is 0 Å². The maximum atomic E-state index is 5.13. The molecule has 0 aromatic heterocycles. The Morgan fingerprint density at radius 3 is 2.38 bits per heavy atom. The van der Waals surface area contributed by atoms with Gasteiger partial charge >= 0.3 is 0 Å². The Morgan fingerprint density at radius 2 is 1.92 bits per heavy atom. The van der Waals surface area contributed by atoms with Crippen molar-refractivity contribution in [2.75, 3.05) is 20.3 Å². The van der Waals surface area contributed by atoms with E-state index in [0.717, 1.165) is 0 Å². The van der Waals surface area contributed by atoms with Crippen LogP contribution in [0.4, 0.5) is 0 Å². The summed E-state index contributed by atoms with van der Waals surface area (Å²) in [7, 11) is 1.63. The molecule has 0 aliphatic rings. The number of hydrogen-bond donors (Lipinski definition) is 0. The summed E-state index contributed by atoms with van der Waals surface area (Å²) >= 11 is 0. The molecule has 0 amide bonds. The maximum absolute atomic E-state index is 5.13. The second kappa shape index (κ2) is 13.6. The molecule has 0 atom stereocenters. The monoisotopic (exact) mass is 184 g/mol. The van der Waals surface area contributed by atoms with Gasteiger partial charge < -0.3 is 9.47 Å². The average molecular weight is 184 g/mol. The SMILES string of the molecule is C=C/C=C\C(=C)OCCOC.CC. The van der Waals surface area contributed by atoms with E-state index in [1.807, 2.05) is 13.8 Å². The van der Waals surface area contributed by atoms with Crippen molar-refractivity contribution >= 4 is 0 Å². The molecule has 0 rings (SSSR count). The predicted molar refractivity (Wildman–Crippen MR) is 57.7 cm³/mol. The zero-order valence-electron chi connectivity index (χ0n) is 8.88. The summed E-state index contributed by atoms with van der Waals surface area (Å²) in [5.41, 5.74) is 0. The third kappa shape index (κ3) is 13.9. The number of rotatable bonds is 6. The molecule has 13 heavy (non-hydrogen) atoms. The van der Waals surface area contributed by atoms with E-state index < -0.39 is 0 Å². The van der Waals surface area contributed by atoms with E-state index >= 15 is 0 Å². The normalized spacial score (nSPS) is 8.85. The fourth-order valence-electron chi connectivity index (χ4n) is 0.480. The molecule has 0 N–H and O–H groups in total. The van der Waals surface area contributed by atoms with Crippen LogP contribution in [0.5, 0.6) is 0 Å². The molecule has 0 heterocycles. The standard InChI is InChI=1S/C9H14O2.C2H6/c1-4-5-6-9(2)11-8-7-10-3;1-2/h4-6H,1-2,7-8H2,3H3;1-2H3/b6-5-;. The minimum Gasteiger partial charge on any atom is -0.492 e. The number of ether oxygens (including phenoxy) is 2. The molecule has 2 heteroatoms. The van der Waals surface area contributed by atoms with Gasteiger partial charge in [0.25, 0.3) is 0 Å². The van der Waals surface area contributed by atoms with Gasteiger partial charge in [-0.25, -0.2) is 0 Å². The molecule has 0 unspecified atom stereocenters. The maximum Gasteiger partial charge on any atom is 0.112 e. The summed E-state index contributed by atoms with van der Waals surface area (Å²) in [5, 5.41) is 0. The number of allylic oxidation sites excluding steroid dienone is 3. The van der Waals surface area contributed by atoms with Crippen molar-refractivity contribution in [2.45, 2.75) is 13.8 Å². The average Bonchev–Trinajstić information content (AvgIpc) is 2.18. The fourth-order valence-corrected chi connectivity index (χ4v) is 0.480. The quantitative estimate of drug-likeness (QED) is 0.359. The molecule has 0 radical (unpaired) electrons. The Kier molecular flexibility index (Phi) is 15.1. The van der Waals surface area contributed by atoms with Crippen molar-refractivity contribution in [1.82, 2.24) is 0 Å². The molecule has 76 valence electrons. The van der Waals surface area contributed by atoms with Gasteiger partial charge in [-0.2, -0.15) is 0 Å². The Morgan fingerprint density at radius 1 is 1.31 bits per heavy atom. The zero-order valence-corrected chi connectivity index (χ0v) is 8.88. The summed E-state index contributed by atoms with van der Waals surface area (Å²) in [6.45, 7) is 12.3. The van der Waals surface area contributed by atoms with E-state index in [1.54, 1.807) is 25.3 Å². The van der Waals surface area contributed by atoms with E-state index in [9.17, 15) is 0 Å². The predicted octanol–water partition coefficient (Wildman–Crippen LogP) is 2.93. The van der Waals surface area contributed by atoms with Crippen molar-refractivity contribution in [2.24, 2.45) is 0 Å². The summed E-state index contributed by atoms with van der Waals surface area (Å²) in [5.74, 6) is 0.627. The van der Waals surface area contributed by atoms with Crippen molar-refractivity contribution in [3.05, 3.63) is 37.1 Å². The first-order chi connectivity index (χ1) is 6.31. The van der Waals surface area contributed by atoms with Gasteiger partial charge in [-0.1, -0.05) is 39.2 Å². The molecule has 0 spiro atoms. The number of methoxy groups -OCH3 is 1. The molecule has 2 nitrogen and oxygen atoms in total. The lowest BCUT2D eigenvalue weighted by Crippen LogP contribution is -1.99. The lowest BCUT2D eigenvalue weighted by Gasteiger charge is -2.02. The van der Waals surface area contributed by atoms with Gasteiger partial charge in [0.05, 0.1) is 6.61 Å². The van der Waals surface area contributed by atoms with Crippen molar-refractivity contribution < 1.29 is 9.47 Å². The summed E-state index contributed by atoms with van der Waals surface area (Å²) in [4.78, 5) is 0. The van der Waals surface area contributed by atoms with E-state index in [1.165, 1.54) is 0 Å². The van der Waals surface area contributed by atoms with Gasteiger partial charge in [0.1, 0.15) is 12.4 Å². The van der Waals surface area contributed by atoms with Crippen LogP contribution in [0.25, 0.3) is 0 Å². The highest BCUT2D eigenvalue weighted by atomic mass is 16.5. The largest absolute Gasteiger partial charge is 0.492 e. The molecule has 0 saturated carbocycles. The van der Waals surface area contributed by atoms with Crippen LogP contribution in [0.3, 0.4) is 0 Å². The molecule has 0 aliphatic heterocycles. The fraction of sp³-hybridized carbons (Fsp3) is 0.455. The van der Waals surface area contributed by atoms with Crippen molar-refractivity contribution in [1.29, 1.82) is 0 Å². The van der Waals surface area contributed by atoms with Gasteiger partial charge in [0, 0.05) is 7.11 Å². The second-order valence-electron chi connectivity index (χ2n) is 1.90. The summed E-state index contributed by atoms with van der Waals surface area (Å²) in [6, 6.07) is 0. The van der Waals surface area contributed by atoms with Crippen molar-refractivity contribution in [3.8, 4) is 0 Å². The van der Waals surface area contributed by atoms with Crippen molar-refractivity contribution in [3.63, 3.8) is 0 Å². The first-order valence-electron chi connectivity index (χ1n) is 4.41. The van der Waals surface area contributed by atoms with Gasteiger partial charge in [0.2, 0.25) is 0 Å². The van der Waals surface area contributed by atoms with Crippen LogP contribution in [-0.4, -0.2) is 20.3 Å². The minimum atomic E-state index is 0.539. The van der Waals surface area contributed by atoms with E-state index in [-0.39, 0.29) is 0 Å². The summed E-state index contributed by atoms with van der Waals surface area (Å²) in [6.07, 6.45) is 5.20. The minimum absolute atomic E-state index is 0.539. The lowest BCUT2D eigenvalue weighted by atomic mass is 10.4. The molecule has 0 aromatic rings. The van der Waals surface area contributed by atoms with Crippen LogP contribution in [-0.2, 0) is 9.47 Å². The molecule has 0 aromatic carbocycles. The lowest BCUT2D eigenvalue weighted by molar-refractivity contribution is 0.115. The van der Waals surface area contributed by atoms with Gasteiger partial charge in [-0.3, -0.25) is 0 Å². The van der Waals surface area contributed by atoms with Gasteiger partial charge in [-0.05, 0) is 6.08 Å². The van der Waals surface area contributed by atoms with Gasteiger partial charge in [0.15, 0.2) is 0 Å². The smallest absolute Gasteiger partial charge is 0.112 e. The first kappa shape index (κ1) is 14.5. The van der Waals surface area contributed by atoms with Crippen LogP contribution < -0.4 is 0 Å². The van der Waals surface area contributed by atoms with Crippen LogP contribution in [0.2, 0.25) is 0 Å². The Bertz CT molecular complexity index is 148. The second-order valence-corrected chi connectivity index (χ2v) is 1.90. The number of hydrogen-bond acceptors (Lipinski definition) is 2. The third-order valence-electron chi connectivity index (χ3n) is 0.993. The zero-order chi connectivity index (χ0) is 10.5. The molecular formula is C11H20O2. The van der Waals surface area contributed by atoms with E-state index in [2.05, 4.69) is 13.2 Å². The Labute approximate surface area is 81.6 Å². The van der Waals surface area contributed by atoms with E-state index in [4.69, 9.17) is 9.47 Å². The van der Waals surface area contributed by atoms with E-state index in [0.29, 0.717) is 19.0 Å². The van der Waals surface area contributed by atoms with Crippen LogP contribution in [0.1, 0.15) is 13.8 Å². The Balaban J connectivity index is 0. The highest BCUT2D eigenvalue weighted by Gasteiger charge is 1.86. The van der Waals surface area contributed by atoms with Crippen LogP contribution >= 0.6 is 0 Å². The summed E-state index contributed by atoms with van der Waals surface area (Å²) < 4.78 is 9.92. The first-order valence-corrected chi connectivity index (χ1v) is 4.41. The highest BCUT2D eigenvalue weighted by Crippen LogP contribution is 1.94. The molecule has 0 fully saturated rings. The third-order valence-corrected chi connectivity index (χ3v) is 0.993. The molecule has 0 saturated heterocycles. The molecular weight excluding hydrogens is 164 g/mol. The molecule has 0 aliphatic carbocycles. The van der Waals surface area contributed by atoms with Crippen LogP contribution in [0.15, 0.2) is 37.1 Å². The Hall–Kier alpha value is -1.02. The highest BCUT2D eigenvalue weighted by molar-refractivity contribution is 5.12. The topological polar surface area (TPSA) is 18.5 Å². The van der Waals surface area contributed by atoms with Gasteiger partial charge in [-0.15, -0.1) is 0 Å².